The van der Waals surface area contributed by atoms with E-state index in [1.54, 1.807) is 0 Å². The normalized spacial score (nSPS) is 8.38. The molecular weight excluding hydrogens is 391 g/mol. The molecule has 2 aromatic rings. The van der Waals surface area contributed by atoms with Gasteiger partial charge in [0.25, 0.3) is 0 Å². The van der Waals surface area contributed by atoms with E-state index in [0.29, 0.717) is 0 Å². The Morgan fingerprint density at radius 2 is 1.00 bits per heavy atom. The van der Waals surface area contributed by atoms with Crippen LogP contribution in [-0.4, -0.2) is 0 Å². The standard InChI is InChI=1S/C12H18.C11H15F.4C2H6/c1-3-4-5-8-12-9-6-7-11(2)10-12;1-2-3-4-5-10-6-8-11(12)9-7-10;4*1-2/h6-7,9-10H,3-5,8H2,1-2H3;6-9H,2-5H2,1H3;4*1-2H3. The zero-order chi connectivity index (χ0) is 25.6. The Bertz CT molecular complexity index is 543. The Hall–Kier alpha value is -1.63. The first-order valence-electron chi connectivity index (χ1n) is 13.5. The highest BCUT2D eigenvalue weighted by Gasteiger charge is 1.93. The fourth-order valence-electron chi connectivity index (χ4n) is 2.68. The topological polar surface area (TPSA) is 0 Å². The second kappa shape index (κ2) is 34.0. The summed E-state index contributed by atoms with van der Waals surface area (Å²) >= 11 is 0. The Morgan fingerprint density at radius 3 is 1.41 bits per heavy atom. The quantitative estimate of drug-likeness (QED) is 0.352. The summed E-state index contributed by atoms with van der Waals surface area (Å²) in [7, 11) is 0. The van der Waals surface area contributed by atoms with Gasteiger partial charge in [-0.25, -0.2) is 4.39 Å². The van der Waals surface area contributed by atoms with Crippen LogP contribution in [0.2, 0.25) is 0 Å². The minimum absolute atomic E-state index is 0.144. The van der Waals surface area contributed by atoms with Crippen molar-refractivity contribution in [3.63, 3.8) is 0 Å². The lowest BCUT2D eigenvalue weighted by atomic mass is 10.1. The van der Waals surface area contributed by atoms with Gasteiger partial charge in [-0.3, -0.25) is 0 Å². The molecule has 2 rings (SSSR count). The SMILES string of the molecule is CC.CC.CC.CC.CCCCCc1ccc(F)cc1.CCCCCc1cccc(C)c1. The molecule has 0 unspecified atom stereocenters. The molecule has 0 atom stereocenters. The molecule has 0 heterocycles. The average Bonchev–Trinajstić information content (AvgIpc) is 2.86. The number of halogens is 1. The number of hydrogen-bond donors (Lipinski definition) is 0. The third-order valence-corrected chi connectivity index (χ3v) is 4.13. The summed E-state index contributed by atoms with van der Waals surface area (Å²) in [6, 6.07) is 15.6. The largest absolute Gasteiger partial charge is 0.207 e. The van der Waals surface area contributed by atoms with Crippen LogP contribution in [0.25, 0.3) is 0 Å². The highest BCUT2D eigenvalue weighted by molar-refractivity contribution is 5.22. The number of rotatable bonds is 8. The van der Waals surface area contributed by atoms with Crippen LogP contribution in [-0.2, 0) is 12.8 Å². The summed E-state index contributed by atoms with van der Waals surface area (Å²) in [5.41, 5.74) is 4.11. The maximum Gasteiger partial charge on any atom is 0.123 e. The first-order valence-corrected chi connectivity index (χ1v) is 13.5. The van der Waals surface area contributed by atoms with Crippen LogP contribution in [0.15, 0.2) is 48.5 Å². The van der Waals surface area contributed by atoms with E-state index < -0.39 is 0 Å². The van der Waals surface area contributed by atoms with Crippen molar-refractivity contribution in [3.8, 4) is 0 Å². The van der Waals surface area contributed by atoms with E-state index in [1.165, 1.54) is 73.8 Å². The second-order valence-electron chi connectivity index (χ2n) is 6.53. The van der Waals surface area contributed by atoms with E-state index >= 15 is 0 Å². The van der Waals surface area contributed by atoms with Crippen LogP contribution >= 0.6 is 0 Å². The van der Waals surface area contributed by atoms with Crippen molar-refractivity contribution in [2.75, 3.05) is 0 Å². The predicted octanol–water partition coefficient (Wildman–Crippen LogP) is 11.4. The molecule has 0 aliphatic heterocycles. The van der Waals surface area contributed by atoms with Crippen LogP contribution in [0.5, 0.6) is 0 Å². The van der Waals surface area contributed by atoms with Crippen LogP contribution < -0.4 is 0 Å². The van der Waals surface area contributed by atoms with Gasteiger partial charge in [0, 0.05) is 0 Å². The van der Waals surface area contributed by atoms with Crippen molar-refractivity contribution in [1.82, 2.24) is 0 Å². The lowest BCUT2D eigenvalue weighted by molar-refractivity contribution is 0.626. The summed E-state index contributed by atoms with van der Waals surface area (Å²) in [6.07, 6.45) is 10.0. The molecule has 0 aliphatic carbocycles. The Labute approximate surface area is 203 Å². The minimum Gasteiger partial charge on any atom is -0.207 e. The summed E-state index contributed by atoms with van der Waals surface area (Å²) in [4.78, 5) is 0. The van der Waals surface area contributed by atoms with Crippen molar-refractivity contribution in [2.24, 2.45) is 0 Å². The number of unbranched alkanes of at least 4 members (excludes halogenated alkanes) is 4. The van der Waals surface area contributed by atoms with E-state index in [0.717, 1.165) is 6.42 Å². The first kappa shape index (κ1) is 37.7. The molecule has 32 heavy (non-hydrogen) atoms. The zero-order valence-electron chi connectivity index (χ0n) is 23.7. The van der Waals surface area contributed by atoms with Gasteiger partial charge in [-0.2, -0.15) is 0 Å². The van der Waals surface area contributed by atoms with Gasteiger partial charge in [0.15, 0.2) is 0 Å². The van der Waals surface area contributed by atoms with Gasteiger partial charge >= 0.3 is 0 Å². The molecule has 188 valence electrons. The molecular formula is C31H57F. The molecule has 1 heteroatoms. The van der Waals surface area contributed by atoms with E-state index in [2.05, 4.69) is 45.0 Å². The third-order valence-electron chi connectivity index (χ3n) is 4.13. The van der Waals surface area contributed by atoms with Crippen molar-refractivity contribution in [2.45, 2.75) is 128 Å². The number of aryl methyl sites for hydroxylation is 3. The monoisotopic (exact) mass is 448 g/mol. The molecule has 0 aromatic heterocycles. The Balaban J connectivity index is -0.000000187. The van der Waals surface area contributed by atoms with Gasteiger partial charge in [-0.1, -0.05) is 137 Å². The number of benzene rings is 2. The van der Waals surface area contributed by atoms with Crippen molar-refractivity contribution in [1.29, 1.82) is 0 Å². The summed E-state index contributed by atoms with van der Waals surface area (Å²) < 4.78 is 12.5. The summed E-state index contributed by atoms with van der Waals surface area (Å²) in [5.74, 6) is -0.144. The lowest BCUT2D eigenvalue weighted by Gasteiger charge is -2.00. The van der Waals surface area contributed by atoms with E-state index in [1.807, 2.05) is 67.5 Å². The molecule has 0 fully saturated rings. The molecule has 0 radical (unpaired) electrons. The highest BCUT2D eigenvalue weighted by Crippen LogP contribution is 2.09. The van der Waals surface area contributed by atoms with Gasteiger partial charge in [-0.05, 0) is 55.9 Å². The molecule has 2 aromatic carbocycles. The molecule has 0 bridgehead atoms. The second-order valence-corrected chi connectivity index (χ2v) is 6.53. The van der Waals surface area contributed by atoms with Crippen molar-refractivity contribution < 1.29 is 4.39 Å². The molecule has 0 aliphatic rings. The Kier molecular flexibility index (Phi) is 40.0. The maximum atomic E-state index is 12.5. The van der Waals surface area contributed by atoms with E-state index in [9.17, 15) is 4.39 Å². The van der Waals surface area contributed by atoms with Crippen molar-refractivity contribution >= 4 is 0 Å². The van der Waals surface area contributed by atoms with E-state index in [4.69, 9.17) is 0 Å². The predicted molar refractivity (Wildman–Crippen MR) is 149 cm³/mol. The molecule has 0 saturated carbocycles. The highest BCUT2D eigenvalue weighted by atomic mass is 19.1. The zero-order valence-corrected chi connectivity index (χ0v) is 23.7. The minimum atomic E-state index is -0.144. The van der Waals surface area contributed by atoms with Gasteiger partial charge in [0.2, 0.25) is 0 Å². The van der Waals surface area contributed by atoms with Crippen molar-refractivity contribution in [3.05, 3.63) is 71.0 Å². The molecule has 0 saturated heterocycles. The number of hydrogen-bond acceptors (Lipinski definition) is 0. The van der Waals surface area contributed by atoms with Gasteiger partial charge < -0.3 is 0 Å². The van der Waals surface area contributed by atoms with E-state index in [-0.39, 0.29) is 5.82 Å². The maximum absolute atomic E-state index is 12.5. The van der Waals surface area contributed by atoms with Gasteiger partial charge in [0.05, 0.1) is 0 Å². The molecule has 0 amide bonds. The molecule has 0 spiro atoms. The van der Waals surface area contributed by atoms with Gasteiger partial charge in [-0.15, -0.1) is 0 Å². The molecule has 0 N–H and O–H groups in total. The third kappa shape index (κ3) is 26.4. The van der Waals surface area contributed by atoms with Gasteiger partial charge in [0.1, 0.15) is 5.82 Å². The van der Waals surface area contributed by atoms with Crippen LogP contribution in [0.4, 0.5) is 4.39 Å². The molecule has 0 nitrogen and oxygen atoms in total. The lowest BCUT2D eigenvalue weighted by Crippen LogP contribution is -1.85. The van der Waals surface area contributed by atoms with Crippen LogP contribution in [0.3, 0.4) is 0 Å². The summed E-state index contributed by atoms with van der Waals surface area (Å²) in [5, 5.41) is 0. The summed E-state index contributed by atoms with van der Waals surface area (Å²) in [6.45, 7) is 22.6. The van der Waals surface area contributed by atoms with Crippen LogP contribution in [0.1, 0.15) is 124 Å². The average molecular weight is 449 g/mol. The fourth-order valence-corrected chi connectivity index (χ4v) is 2.68. The van der Waals surface area contributed by atoms with Crippen LogP contribution in [0, 0.1) is 12.7 Å². The first-order chi connectivity index (χ1) is 15.7. The fraction of sp³-hybridized carbons (Fsp3) is 0.613. The smallest absolute Gasteiger partial charge is 0.123 e. The Morgan fingerprint density at radius 1 is 0.562 bits per heavy atom.